The molecular formula is C12H14N4S. The van der Waals surface area contributed by atoms with Crippen LogP contribution in [0.2, 0.25) is 0 Å². The lowest BCUT2D eigenvalue weighted by Gasteiger charge is -2.15. The van der Waals surface area contributed by atoms with Gasteiger partial charge < -0.3 is 10.3 Å². The lowest BCUT2D eigenvalue weighted by Crippen LogP contribution is -2.08. The zero-order valence-corrected chi connectivity index (χ0v) is 10.2. The molecule has 0 bridgehead atoms. The Morgan fingerprint density at radius 2 is 2.29 bits per heavy atom. The molecule has 1 aliphatic heterocycles. The van der Waals surface area contributed by atoms with Gasteiger partial charge >= 0.3 is 0 Å². The third kappa shape index (κ3) is 1.91. The number of pyridine rings is 1. The van der Waals surface area contributed by atoms with E-state index in [1.807, 2.05) is 36.5 Å². The molecule has 3 rings (SSSR count). The second kappa shape index (κ2) is 4.41. The van der Waals surface area contributed by atoms with Crippen molar-refractivity contribution in [2.45, 2.75) is 12.5 Å². The third-order valence-electron chi connectivity index (χ3n) is 3.10. The summed E-state index contributed by atoms with van der Waals surface area (Å²) in [4.78, 5) is 8.40. The molecule has 1 saturated heterocycles. The number of imidazole rings is 1. The van der Waals surface area contributed by atoms with Gasteiger partial charge in [-0.05, 0) is 18.2 Å². The maximum Gasteiger partial charge on any atom is 0.0953 e. The van der Waals surface area contributed by atoms with Crippen LogP contribution in [0.4, 0.5) is 5.69 Å². The van der Waals surface area contributed by atoms with Crippen LogP contribution in [0.25, 0.3) is 11.3 Å². The van der Waals surface area contributed by atoms with Gasteiger partial charge in [-0.15, -0.1) is 0 Å². The van der Waals surface area contributed by atoms with Crippen LogP contribution in [0.5, 0.6) is 0 Å². The zero-order chi connectivity index (χ0) is 11.7. The molecule has 3 heterocycles. The topological polar surface area (TPSA) is 56.7 Å². The SMILES string of the molecule is Nc1ccncc1-c1cncn1C1CCSC1. The molecule has 0 aliphatic carbocycles. The fourth-order valence-electron chi connectivity index (χ4n) is 2.16. The fourth-order valence-corrected chi connectivity index (χ4v) is 3.37. The molecule has 5 heteroatoms. The van der Waals surface area contributed by atoms with E-state index in [0.717, 1.165) is 22.7 Å². The largest absolute Gasteiger partial charge is 0.398 e. The second-order valence-corrected chi connectivity index (χ2v) is 5.32. The third-order valence-corrected chi connectivity index (χ3v) is 4.24. The fraction of sp³-hybridized carbons (Fsp3) is 0.333. The van der Waals surface area contributed by atoms with Crippen LogP contribution in [0.1, 0.15) is 12.5 Å². The molecule has 0 spiro atoms. The number of nitrogen functional groups attached to an aromatic ring is 1. The van der Waals surface area contributed by atoms with Crippen molar-refractivity contribution < 1.29 is 0 Å². The molecule has 88 valence electrons. The molecule has 17 heavy (non-hydrogen) atoms. The molecule has 2 aromatic heterocycles. The highest BCUT2D eigenvalue weighted by molar-refractivity contribution is 7.99. The van der Waals surface area contributed by atoms with Crippen molar-refractivity contribution in [3.63, 3.8) is 0 Å². The van der Waals surface area contributed by atoms with Crippen LogP contribution in [-0.2, 0) is 0 Å². The smallest absolute Gasteiger partial charge is 0.0953 e. The summed E-state index contributed by atoms with van der Waals surface area (Å²) in [6.45, 7) is 0. The van der Waals surface area contributed by atoms with Crippen LogP contribution in [0.3, 0.4) is 0 Å². The normalized spacial score (nSPS) is 19.6. The summed E-state index contributed by atoms with van der Waals surface area (Å²) in [7, 11) is 0. The maximum absolute atomic E-state index is 5.99. The molecule has 1 atom stereocenters. The number of aromatic nitrogens is 3. The average Bonchev–Trinajstić information content (AvgIpc) is 3.00. The summed E-state index contributed by atoms with van der Waals surface area (Å²) in [6, 6.07) is 2.37. The first kappa shape index (κ1) is 10.7. The molecule has 1 aliphatic rings. The summed E-state index contributed by atoms with van der Waals surface area (Å²) < 4.78 is 2.23. The number of rotatable bonds is 2. The average molecular weight is 246 g/mol. The monoisotopic (exact) mass is 246 g/mol. The predicted octanol–water partition coefficient (Wildman–Crippen LogP) is 2.21. The highest BCUT2D eigenvalue weighted by atomic mass is 32.2. The van der Waals surface area contributed by atoms with Crippen LogP contribution in [0.15, 0.2) is 31.0 Å². The van der Waals surface area contributed by atoms with Gasteiger partial charge in [0.05, 0.1) is 18.2 Å². The van der Waals surface area contributed by atoms with E-state index in [1.165, 1.54) is 12.2 Å². The van der Waals surface area contributed by atoms with Crippen molar-refractivity contribution in [1.29, 1.82) is 0 Å². The molecule has 1 unspecified atom stereocenters. The van der Waals surface area contributed by atoms with E-state index in [4.69, 9.17) is 5.73 Å². The Kier molecular flexibility index (Phi) is 2.76. The van der Waals surface area contributed by atoms with Gasteiger partial charge in [0.1, 0.15) is 0 Å². The van der Waals surface area contributed by atoms with E-state index in [0.29, 0.717) is 6.04 Å². The Hall–Kier alpha value is -1.49. The summed E-state index contributed by atoms with van der Waals surface area (Å²) >= 11 is 1.99. The van der Waals surface area contributed by atoms with E-state index < -0.39 is 0 Å². The number of thioether (sulfide) groups is 1. The van der Waals surface area contributed by atoms with Crippen molar-refractivity contribution in [2.75, 3.05) is 17.2 Å². The van der Waals surface area contributed by atoms with Crippen molar-refractivity contribution in [1.82, 2.24) is 14.5 Å². The Balaban J connectivity index is 2.04. The molecule has 4 nitrogen and oxygen atoms in total. The molecule has 1 fully saturated rings. The quantitative estimate of drug-likeness (QED) is 0.882. The highest BCUT2D eigenvalue weighted by Crippen LogP contribution is 2.33. The summed E-state index contributed by atoms with van der Waals surface area (Å²) in [6.07, 6.45) is 8.50. The molecule has 0 aromatic carbocycles. The van der Waals surface area contributed by atoms with Gasteiger partial charge in [-0.2, -0.15) is 11.8 Å². The number of anilines is 1. The number of hydrogen-bond donors (Lipinski definition) is 1. The molecular weight excluding hydrogens is 232 g/mol. The predicted molar refractivity (Wildman–Crippen MR) is 70.8 cm³/mol. The molecule has 2 N–H and O–H groups in total. The lowest BCUT2D eigenvalue weighted by atomic mass is 10.1. The van der Waals surface area contributed by atoms with Crippen molar-refractivity contribution >= 4 is 17.4 Å². The standard InChI is InChI=1S/C12H14N4S/c13-11-1-3-14-5-10(11)12-6-15-8-16(12)9-2-4-17-7-9/h1,3,5-6,8-9H,2,4,7H2,(H2,13,14). The van der Waals surface area contributed by atoms with Gasteiger partial charge in [-0.25, -0.2) is 4.98 Å². The van der Waals surface area contributed by atoms with Crippen molar-refractivity contribution in [2.24, 2.45) is 0 Å². The van der Waals surface area contributed by atoms with E-state index in [1.54, 1.807) is 6.20 Å². The minimum Gasteiger partial charge on any atom is -0.398 e. The Morgan fingerprint density at radius 1 is 1.35 bits per heavy atom. The van der Waals surface area contributed by atoms with Gasteiger partial charge in [0.15, 0.2) is 0 Å². The van der Waals surface area contributed by atoms with Gasteiger partial charge in [0.25, 0.3) is 0 Å². The Bertz CT molecular complexity index is 517. The number of hydrogen-bond acceptors (Lipinski definition) is 4. The van der Waals surface area contributed by atoms with E-state index in [2.05, 4.69) is 14.5 Å². The first-order valence-corrected chi connectivity index (χ1v) is 6.81. The summed E-state index contributed by atoms with van der Waals surface area (Å²) in [5.41, 5.74) is 8.80. The van der Waals surface area contributed by atoms with Crippen LogP contribution in [-0.4, -0.2) is 26.0 Å². The lowest BCUT2D eigenvalue weighted by molar-refractivity contribution is 0.565. The van der Waals surface area contributed by atoms with E-state index >= 15 is 0 Å². The van der Waals surface area contributed by atoms with Gasteiger partial charge in [0, 0.05) is 35.4 Å². The highest BCUT2D eigenvalue weighted by Gasteiger charge is 2.20. The molecule has 0 saturated carbocycles. The van der Waals surface area contributed by atoms with Gasteiger partial charge in [0.2, 0.25) is 0 Å². The maximum atomic E-state index is 5.99. The first-order valence-electron chi connectivity index (χ1n) is 5.65. The van der Waals surface area contributed by atoms with Crippen molar-refractivity contribution in [3.05, 3.63) is 31.0 Å². The first-order chi connectivity index (χ1) is 8.36. The minimum atomic E-state index is 0.539. The zero-order valence-electron chi connectivity index (χ0n) is 9.41. The summed E-state index contributed by atoms with van der Waals surface area (Å²) in [5, 5.41) is 0. The van der Waals surface area contributed by atoms with Crippen LogP contribution in [0, 0.1) is 0 Å². The van der Waals surface area contributed by atoms with Gasteiger partial charge in [-0.3, -0.25) is 4.98 Å². The number of nitrogens with two attached hydrogens (primary N) is 1. The summed E-state index contributed by atoms with van der Waals surface area (Å²) in [5.74, 6) is 2.38. The van der Waals surface area contributed by atoms with E-state index in [9.17, 15) is 0 Å². The molecule has 0 amide bonds. The second-order valence-electron chi connectivity index (χ2n) is 4.17. The van der Waals surface area contributed by atoms with Crippen LogP contribution >= 0.6 is 11.8 Å². The number of nitrogens with zero attached hydrogens (tertiary/aromatic N) is 3. The van der Waals surface area contributed by atoms with Crippen LogP contribution < -0.4 is 5.73 Å². The minimum absolute atomic E-state index is 0.539. The van der Waals surface area contributed by atoms with Crippen molar-refractivity contribution in [3.8, 4) is 11.3 Å². The van der Waals surface area contributed by atoms with Gasteiger partial charge in [-0.1, -0.05) is 0 Å². The Labute approximate surface area is 104 Å². The molecule has 2 aromatic rings. The van der Waals surface area contributed by atoms with E-state index in [-0.39, 0.29) is 0 Å². The molecule has 0 radical (unpaired) electrons. The Morgan fingerprint density at radius 3 is 3.06 bits per heavy atom.